The van der Waals surface area contributed by atoms with Crippen molar-refractivity contribution in [3.8, 4) is 0 Å². The zero-order chi connectivity index (χ0) is 13.9. The molecule has 1 aromatic rings. The van der Waals surface area contributed by atoms with E-state index in [1.165, 1.54) is 0 Å². The van der Waals surface area contributed by atoms with Crippen molar-refractivity contribution in [3.05, 3.63) is 10.6 Å². The average Bonchev–Trinajstić information content (AvgIpc) is 2.69. The van der Waals surface area contributed by atoms with E-state index in [2.05, 4.69) is 51.6 Å². The number of hydrogen-bond acceptors (Lipinski definition) is 4. The minimum Gasteiger partial charge on any atom is -0.391 e. The molecule has 18 heavy (non-hydrogen) atoms. The second-order valence-electron chi connectivity index (χ2n) is 5.93. The lowest BCUT2D eigenvalue weighted by Gasteiger charge is -2.35. The summed E-state index contributed by atoms with van der Waals surface area (Å²) in [7, 11) is 2.09. The molecule has 0 aromatic carbocycles. The first kappa shape index (κ1) is 15.4. The molecule has 1 heterocycles. The van der Waals surface area contributed by atoms with Crippen molar-refractivity contribution in [2.24, 2.45) is 5.41 Å². The standard InChI is InChI=1S/C14H26N2OS/c1-7-8-11-12(9-17)18-13(15-11)16(6)10(2)14(3,4)5/h10,17H,7-9H2,1-6H3. The van der Waals surface area contributed by atoms with Crippen LogP contribution in [0.1, 0.15) is 51.6 Å². The molecule has 0 amide bonds. The van der Waals surface area contributed by atoms with Crippen LogP contribution < -0.4 is 4.90 Å². The first-order valence-electron chi connectivity index (χ1n) is 6.63. The number of aromatic nitrogens is 1. The van der Waals surface area contributed by atoms with Crippen LogP contribution in [0.4, 0.5) is 5.13 Å². The van der Waals surface area contributed by atoms with Crippen molar-refractivity contribution in [3.63, 3.8) is 0 Å². The highest BCUT2D eigenvalue weighted by Gasteiger charge is 2.26. The summed E-state index contributed by atoms with van der Waals surface area (Å²) >= 11 is 1.62. The zero-order valence-corrected chi connectivity index (χ0v) is 13.3. The zero-order valence-electron chi connectivity index (χ0n) is 12.4. The van der Waals surface area contributed by atoms with Gasteiger partial charge in [0.2, 0.25) is 0 Å². The van der Waals surface area contributed by atoms with Gasteiger partial charge in [0.15, 0.2) is 5.13 Å². The highest BCUT2D eigenvalue weighted by atomic mass is 32.1. The van der Waals surface area contributed by atoms with E-state index >= 15 is 0 Å². The number of aryl methyl sites for hydroxylation is 1. The van der Waals surface area contributed by atoms with Crippen molar-refractivity contribution >= 4 is 16.5 Å². The Kier molecular flexibility index (Phi) is 5.17. The maximum absolute atomic E-state index is 9.39. The first-order valence-corrected chi connectivity index (χ1v) is 7.45. The molecule has 4 heteroatoms. The number of thiazole rings is 1. The summed E-state index contributed by atoms with van der Waals surface area (Å²) in [5.41, 5.74) is 1.28. The lowest BCUT2D eigenvalue weighted by molar-refractivity contribution is 0.284. The minimum absolute atomic E-state index is 0.102. The quantitative estimate of drug-likeness (QED) is 0.890. The Balaban J connectivity index is 2.96. The molecule has 0 fully saturated rings. The predicted octanol–water partition coefficient (Wildman–Crippen LogP) is 3.46. The molecule has 0 saturated heterocycles. The van der Waals surface area contributed by atoms with E-state index < -0.39 is 0 Å². The molecule has 1 N–H and O–H groups in total. The fourth-order valence-corrected chi connectivity index (χ4v) is 2.83. The van der Waals surface area contributed by atoms with Crippen molar-refractivity contribution in [2.45, 2.75) is 60.1 Å². The summed E-state index contributed by atoms with van der Waals surface area (Å²) in [5, 5.41) is 10.4. The number of anilines is 1. The summed E-state index contributed by atoms with van der Waals surface area (Å²) in [4.78, 5) is 7.93. The fourth-order valence-electron chi connectivity index (χ4n) is 1.82. The van der Waals surface area contributed by atoms with E-state index in [0.29, 0.717) is 6.04 Å². The van der Waals surface area contributed by atoms with E-state index in [1.54, 1.807) is 11.3 Å². The molecule has 0 spiro atoms. The molecule has 3 nitrogen and oxygen atoms in total. The van der Waals surface area contributed by atoms with Gasteiger partial charge in [0, 0.05) is 13.1 Å². The largest absolute Gasteiger partial charge is 0.391 e. The summed E-state index contributed by atoms with van der Waals surface area (Å²) in [6.07, 6.45) is 2.01. The van der Waals surface area contributed by atoms with Gasteiger partial charge in [0.1, 0.15) is 0 Å². The van der Waals surface area contributed by atoms with Gasteiger partial charge in [-0.2, -0.15) is 0 Å². The maximum atomic E-state index is 9.39. The number of hydrogen-bond donors (Lipinski definition) is 1. The van der Waals surface area contributed by atoms with Crippen LogP contribution in [-0.4, -0.2) is 23.2 Å². The molecule has 0 saturated carbocycles. The topological polar surface area (TPSA) is 36.4 Å². The minimum atomic E-state index is 0.102. The van der Waals surface area contributed by atoms with Crippen LogP contribution in [0.15, 0.2) is 0 Å². The Morgan fingerprint density at radius 1 is 1.39 bits per heavy atom. The Hall–Kier alpha value is -0.610. The van der Waals surface area contributed by atoms with E-state index in [-0.39, 0.29) is 12.0 Å². The second-order valence-corrected chi connectivity index (χ2v) is 6.99. The fraction of sp³-hybridized carbons (Fsp3) is 0.786. The summed E-state index contributed by atoms with van der Waals surface area (Å²) in [5.74, 6) is 0. The molecule has 1 atom stereocenters. The highest BCUT2D eigenvalue weighted by Crippen LogP contribution is 2.32. The lowest BCUT2D eigenvalue weighted by atomic mass is 9.87. The van der Waals surface area contributed by atoms with Gasteiger partial charge in [-0.25, -0.2) is 4.98 Å². The first-order chi connectivity index (χ1) is 8.31. The third kappa shape index (κ3) is 3.45. The number of aliphatic hydroxyl groups is 1. The maximum Gasteiger partial charge on any atom is 0.185 e. The average molecular weight is 270 g/mol. The molecule has 0 aliphatic carbocycles. The van der Waals surface area contributed by atoms with Gasteiger partial charge in [-0.05, 0) is 18.8 Å². The van der Waals surface area contributed by atoms with Gasteiger partial charge in [0.05, 0.1) is 17.2 Å². The van der Waals surface area contributed by atoms with Gasteiger partial charge in [-0.15, -0.1) is 0 Å². The Labute approximate surface area is 115 Å². The van der Waals surface area contributed by atoms with Gasteiger partial charge >= 0.3 is 0 Å². The predicted molar refractivity (Wildman–Crippen MR) is 79.4 cm³/mol. The Morgan fingerprint density at radius 2 is 2.00 bits per heavy atom. The van der Waals surface area contributed by atoms with Crippen LogP contribution in [0.3, 0.4) is 0 Å². The monoisotopic (exact) mass is 270 g/mol. The Bertz CT molecular complexity index is 382. The van der Waals surface area contributed by atoms with Gasteiger partial charge in [-0.3, -0.25) is 0 Å². The second kappa shape index (κ2) is 6.02. The van der Waals surface area contributed by atoms with E-state index in [1.807, 2.05) is 0 Å². The smallest absolute Gasteiger partial charge is 0.185 e. The van der Waals surface area contributed by atoms with Crippen LogP contribution in [0.2, 0.25) is 0 Å². The molecule has 0 radical (unpaired) electrons. The van der Waals surface area contributed by atoms with E-state index in [4.69, 9.17) is 0 Å². The molecule has 0 bridgehead atoms. The number of aliphatic hydroxyl groups excluding tert-OH is 1. The molecular formula is C14H26N2OS. The lowest BCUT2D eigenvalue weighted by Crippen LogP contribution is -2.39. The van der Waals surface area contributed by atoms with Crippen molar-refractivity contribution in [2.75, 3.05) is 11.9 Å². The normalized spacial score (nSPS) is 13.7. The third-order valence-electron chi connectivity index (χ3n) is 3.53. The van der Waals surface area contributed by atoms with Crippen molar-refractivity contribution in [1.29, 1.82) is 0 Å². The van der Waals surface area contributed by atoms with E-state index in [0.717, 1.165) is 28.5 Å². The van der Waals surface area contributed by atoms with Crippen LogP contribution in [0.25, 0.3) is 0 Å². The number of nitrogens with zero attached hydrogens (tertiary/aromatic N) is 2. The van der Waals surface area contributed by atoms with E-state index in [9.17, 15) is 5.11 Å². The summed E-state index contributed by atoms with van der Waals surface area (Å²) in [6.45, 7) is 11.2. The number of rotatable bonds is 5. The molecule has 104 valence electrons. The molecule has 0 aliphatic heterocycles. The van der Waals surface area contributed by atoms with Gasteiger partial charge < -0.3 is 10.0 Å². The Morgan fingerprint density at radius 3 is 2.44 bits per heavy atom. The van der Waals surface area contributed by atoms with Crippen molar-refractivity contribution < 1.29 is 5.11 Å². The van der Waals surface area contributed by atoms with Crippen molar-refractivity contribution in [1.82, 2.24) is 4.98 Å². The SMILES string of the molecule is CCCc1nc(N(C)C(C)C(C)(C)C)sc1CO. The third-order valence-corrected chi connectivity index (χ3v) is 4.71. The van der Waals surface area contributed by atoms with Gasteiger partial charge in [-0.1, -0.05) is 45.5 Å². The van der Waals surface area contributed by atoms with Crippen LogP contribution >= 0.6 is 11.3 Å². The molecule has 1 rings (SSSR count). The summed E-state index contributed by atoms with van der Waals surface area (Å²) < 4.78 is 0. The van der Waals surface area contributed by atoms with Crippen LogP contribution in [0, 0.1) is 5.41 Å². The molecule has 0 aliphatic rings. The highest BCUT2D eigenvalue weighted by molar-refractivity contribution is 7.15. The molecule has 1 unspecified atom stereocenters. The molecular weight excluding hydrogens is 244 g/mol. The van der Waals surface area contributed by atoms with Crippen LogP contribution in [0.5, 0.6) is 0 Å². The van der Waals surface area contributed by atoms with Crippen LogP contribution in [-0.2, 0) is 13.0 Å². The summed E-state index contributed by atoms with van der Waals surface area (Å²) in [6, 6.07) is 0.407. The van der Waals surface area contributed by atoms with Gasteiger partial charge in [0.25, 0.3) is 0 Å². The molecule has 1 aromatic heterocycles.